The van der Waals surface area contributed by atoms with Crippen molar-refractivity contribution in [3.05, 3.63) is 45.9 Å². The number of carbonyl (C=O) groups excluding carboxylic acids is 1. The van der Waals surface area contributed by atoms with Gasteiger partial charge >= 0.3 is 0 Å². The summed E-state index contributed by atoms with van der Waals surface area (Å²) in [6.07, 6.45) is 5.42. The maximum atomic E-state index is 12.2. The molecule has 1 saturated carbocycles. The average molecular weight is 384 g/mol. The van der Waals surface area contributed by atoms with E-state index in [-0.39, 0.29) is 18.3 Å². The van der Waals surface area contributed by atoms with Crippen LogP contribution in [0.1, 0.15) is 46.7 Å². The van der Waals surface area contributed by atoms with E-state index >= 15 is 0 Å². The second-order valence-corrected chi connectivity index (χ2v) is 7.93. The van der Waals surface area contributed by atoms with Gasteiger partial charge in [0.05, 0.1) is 0 Å². The Labute approximate surface area is 157 Å². The quantitative estimate of drug-likeness (QED) is 0.773. The zero-order chi connectivity index (χ0) is 16.1. The highest BCUT2D eigenvalue weighted by molar-refractivity contribution is 7.99. The molecule has 0 atom stereocenters. The Bertz CT molecular complexity index is 671. The van der Waals surface area contributed by atoms with Gasteiger partial charge in [-0.05, 0) is 30.5 Å². The molecule has 1 aliphatic carbocycles. The molecule has 24 heavy (non-hydrogen) atoms. The molecular formula is C17H22ClN3OS2. The van der Waals surface area contributed by atoms with Gasteiger partial charge in [-0.15, -0.1) is 23.7 Å². The first-order valence-corrected chi connectivity index (χ1v) is 9.84. The van der Waals surface area contributed by atoms with Crippen LogP contribution in [0.3, 0.4) is 0 Å². The highest BCUT2D eigenvalue weighted by atomic mass is 35.5. The van der Waals surface area contributed by atoms with E-state index in [0.717, 1.165) is 21.7 Å². The normalized spacial score (nSPS) is 14.4. The molecule has 1 amide bonds. The number of anilines is 1. The number of amides is 1. The molecule has 1 aromatic carbocycles. The Morgan fingerprint density at radius 2 is 2.17 bits per heavy atom. The van der Waals surface area contributed by atoms with Crippen LogP contribution in [0, 0.1) is 0 Å². The van der Waals surface area contributed by atoms with E-state index in [1.165, 1.54) is 42.6 Å². The lowest BCUT2D eigenvalue weighted by molar-refractivity contribution is 0.102. The van der Waals surface area contributed by atoms with Crippen LogP contribution < -0.4 is 11.1 Å². The summed E-state index contributed by atoms with van der Waals surface area (Å²) in [5.41, 5.74) is 8.04. The molecule has 1 aliphatic rings. The predicted octanol–water partition coefficient (Wildman–Crippen LogP) is 4.45. The number of carbonyl (C=O) groups is 1. The monoisotopic (exact) mass is 383 g/mol. The number of rotatable bonds is 6. The zero-order valence-electron chi connectivity index (χ0n) is 13.4. The fourth-order valence-corrected chi connectivity index (χ4v) is 4.64. The van der Waals surface area contributed by atoms with Crippen LogP contribution in [-0.4, -0.2) is 16.1 Å². The summed E-state index contributed by atoms with van der Waals surface area (Å²) >= 11 is 3.44. The molecule has 4 nitrogen and oxygen atoms in total. The van der Waals surface area contributed by atoms with Crippen molar-refractivity contribution in [2.75, 3.05) is 5.32 Å². The lowest BCUT2D eigenvalue weighted by Crippen LogP contribution is -2.12. The van der Waals surface area contributed by atoms with Gasteiger partial charge in [-0.25, -0.2) is 4.98 Å². The van der Waals surface area contributed by atoms with Gasteiger partial charge in [0.2, 0.25) is 0 Å². The number of thioether (sulfide) groups is 1. The third-order valence-corrected chi connectivity index (χ3v) is 6.25. The second kappa shape index (κ2) is 9.42. The van der Waals surface area contributed by atoms with Crippen LogP contribution in [0.4, 0.5) is 5.69 Å². The molecule has 0 aliphatic heterocycles. The molecule has 0 unspecified atom stereocenters. The topological polar surface area (TPSA) is 68.0 Å². The van der Waals surface area contributed by atoms with Crippen LogP contribution in [0.2, 0.25) is 0 Å². The molecule has 130 valence electrons. The van der Waals surface area contributed by atoms with Gasteiger partial charge < -0.3 is 11.1 Å². The van der Waals surface area contributed by atoms with Crippen LogP contribution in [0.25, 0.3) is 0 Å². The first-order chi connectivity index (χ1) is 11.2. The number of hydrogen-bond donors (Lipinski definition) is 2. The van der Waals surface area contributed by atoms with Gasteiger partial charge in [-0.1, -0.05) is 25.0 Å². The second-order valence-electron chi connectivity index (χ2n) is 5.70. The van der Waals surface area contributed by atoms with Crippen LogP contribution >= 0.6 is 35.5 Å². The van der Waals surface area contributed by atoms with E-state index in [0.29, 0.717) is 12.2 Å². The molecule has 0 radical (unpaired) electrons. The number of benzene rings is 1. The minimum absolute atomic E-state index is 0. The van der Waals surface area contributed by atoms with Crippen LogP contribution in [0.5, 0.6) is 0 Å². The maximum absolute atomic E-state index is 12.2. The molecule has 3 rings (SSSR count). The Kier molecular flexibility index (Phi) is 7.55. The van der Waals surface area contributed by atoms with Crippen molar-refractivity contribution in [1.82, 2.24) is 4.98 Å². The van der Waals surface area contributed by atoms with E-state index in [4.69, 9.17) is 5.73 Å². The summed E-state index contributed by atoms with van der Waals surface area (Å²) in [5.74, 6) is 0.823. The predicted molar refractivity (Wildman–Crippen MR) is 105 cm³/mol. The van der Waals surface area contributed by atoms with Crippen molar-refractivity contribution in [2.45, 2.75) is 43.2 Å². The standard InChI is InChI=1S/C17H21N3OS2.ClH/c18-9-16-20-15(11-23-16)17(21)19-13-5-3-4-12(8-13)10-22-14-6-1-2-7-14;/h3-5,8,11,14H,1-2,6-7,9-10,18H2,(H,19,21);1H. The summed E-state index contributed by atoms with van der Waals surface area (Å²) in [7, 11) is 0. The molecule has 0 bridgehead atoms. The molecule has 3 N–H and O–H groups in total. The fourth-order valence-electron chi connectivity index (χ4n) is 2.71. The summed E-state index contributed by atoms with van der Waals surface area (Å²) in [6.45, 7) is 0.367. The fraction of sp³-hybridized carbons (Fsp3) is 0.412. The Morgan fingerprint density at radius 3 is 2.88 bits per heavy atom. The lowest BCUT2D eigenvalue weighted by Gasteiger charge is -2.10. The van der Waals surface area contributed by atoms with Crippen LogP contribution in [-0.2, 0) is 12.3 Å². The van der Waals surface area contributed by atoms with Crippen molar-refractivity contribution in [1.29, 1.82) is 0 Å². The van der Waals surface area contributed by atoms with E-state index in [1.807, 2.05) is 23.9 Å². The summed E-state index contributed by atoms with van der Waals surface area (Å²) < 4.78 is 0. The number of thiazole rings is 1. The van der Waals surface area contributed by atoms with E-state index in [2.05, 4.69) is 22.4 Å². The number of nitrogens with two attached hydrogens (primary N) is 1. The molecule has 0 spiro atoms. The van der Waals surface area contributed by atoms with E-state index in [9.17, 15) is 4.79 Å². The first kappa shape index (κ1) is 19.2. The zero-order valence-corrected chi connectivity index (χ0v) is 15.8. The number of hydrogen-bond acceptors (Lipinski definition) is 5. The van der Waals surface area contributed by atoms with Gasteiger partial charge in [-0.2, -0.15) is 11.8 Å². The molecular weight excluding hydrogens is 362 g/mol. The molecule has 1 fully saturated rings. The number of nitrogens with one attached hydrogen (secondary N) is 1. The molecule has 1 aromatic heterocycles. The van der Waals surface area contributed by atoms with E-state index < -0.39 is 0 Å². The highest BCUT2D eigenvalue weighted by Gasteiger charge is 2.15. The SMILES string of the molecule is Cl.NCc1nc(C(=O)Nc2cccc(CSC3CCCC3)c2)cs1. The van der Waals surface area contributed by atoms with Gasteiger partial charge in [0.25, 0.3) is 5.91 Å². The molecule has 7 heteroatoms. The molecule has 1 heterocycles. The highest BCUT2D eigenvalue weighted by Crippen LogP contribution is 2.31. The largest absolute Gasteiger partial charge is 0.325 e. The summed E-state index contributed by atoms with van der Waals surface area (Å²) in [4.78, 5) is 16.4. The van der Waals surface area contributed by atoms with Gasteiger partial charge in [0.1, 0.15) is 10.7 Å². The first-order valence-electron chi connectivity index (χ1n) is 7.91. The van der Waals surface area contributed by atoms with E-state index in [1.54, 1.807) is 5.38 Å². The molecule has 2 aromatic rings. The number of aromatic nitrogens is 1. The van der Waals surface area contributed by atoms with Crippen molar-refractivity contribution < 1.29 is 4.79 Å². The van der Waals surface area contributed by atoms with Crippen molar-refractivity contribution >= 4 is 47.1 Å². The Morgan fingerprint density at radius 1 is 1.38 bits per heavy atom. The average Bonchev–Trinajstić information content (AvgIpc) is 3.25. The van der Waals surface area contributed by atoms with Gasteiger partial charge in [0.15, 0.2) is 0 Å². The smallest absolute Gasteiger partial charge is 0.275 e. The maximum Gasteiger partial charge on any atom is 0.275 e. The van der Waals surface area contributed by atoms with Crippen LogP contribution in [0.15, 0.2) is 29.6 Å². The third-order valence-electron chi connectivity index (χ3n) is 3.93. The third kappa shape index (κ3) is 5.21. The van der Waals surface area contributed by atoms with Crippen molar-refractivity contribution in [3.8, 4) is 0 Å². The summed E-state index contributed by atoms with van der Waals surface area (Å²) in [6, 6.07) is 8.08. The lowest BCUT2D eigenvalue weighted by atomic mass is 10.2. The Hall–Kier alpha value is -1.08. The minimum Gasteiger partial charge on any atom is -0.325 e. The number of halogens is 1. The van der Waals surface area contributed by atoms with Crippen molar-refractivity contribution in [3.63, 3.8) is 0 Å². The van der Waals surface area contributed by atoms with Crippen molar-refractivity contribution in [2.24, 2.45) is 5.73 Å². The minimum atomic E-state index is -0.179. The van der Waals surface area contributed by atoms with Gasteiger partial charge in [0, 0.05) is 28.6 Å². The summed E-state index contributed by atoms with van der Waals surface area (Å²) in [5, 5.41) is 6.25. The molecule has 0 saturated heterocycles. The van der Waals surface area contributed by atoms with Gasteiger partial charge in [-0.3, -0.25) is 4.79 Å². The number of nitrogens with zero attached hydrogens (tertiary/aromatic N) is 1. The Balaban J connectivity index is 0.00000208.